The van der Waals surface area contributed by atoms with Gasteiger partial charge in [-0.1, -0.05) is 11.6 Å². The van der Waals surface area contributed by atoms with Gasteiger partial charge >= 0.3 is 6.33 Å². The van der Waals surface area contributed by atoms with E-state index in [4.69, 9.17) is 21.1 Å². The lowest BCUT2D eigenvalue weighted by Gasteiger charge is -2.13. The number of aromatic nitrogens is 3. The van der Waals surface area contributed by atoms with Gasteiger partial charge in [0.1, 0.15) is 17.4 Å². The fourth-order valence-electron chi connectivity index (χ4n) is 2.67. The molecule has 3 rings (SSSR count). The number of allylic oxidation sites excluding steroid dienone is 1. The maximum absolute atomic E-state index is 14.3. The van der Waals surface area contributed by atoms with Crippen molar-refractivity contribution in [1.29, 1.82) is 0 Å². The van der Waals surface area contributed by atoms with Gasteiger partial charge < -0.3 is 9.47 Å². The van der Waals surface area contributed by atoms with Crippen LogP contribution in [0.15, 0.2) is 55.1 Å². The summed E-state index contributed by atoms with van der Waals surface area (Å²) in [4.78, 5) is 3.95. The molecule has 3 aromatic rings. The maximum atomic E-state index is 14.3. The Hall–Kier alpha value is -2.93. The average molecular weight is 421 g/mol. The highest BCUT2D eigenvalue weighted by Crippen LogP contribution is 2.24. The average Bonchev–Trinajstić information content (AvgIpc) is 3.24. The summed E-state index contributed by atoms with van der Waals surface area (Å²) in [5.41, 5.74) is 0.786. The van der Waals surface area contributed by atoms with Crippen molar-refractivity contribution in [1.82, 2.24) is 10.1 Å². The topological polar surface area (TPSA) is 51.0 Å². The van der Waals surface area contributed by atoms with E-state index in [0.717, 1.165) is 18.2 Å². The maximum Gasteiger partial charge on any atom is 0.311 e. The molecule has 29 heavy (non-hydrogen) atoms. The summed E-state index contributed by atoms with van der Waals surface area (Å²) >= 11 is 5.84. The van der Waals surface area contributed by atoms with Gasteiger partial charge in [0.05, 0.1) is 18.8 Å². The van der Waals surface area contributed by atoms with Crippen LogP contribution in [0, 0.1) is 11.6 Å². The molecule has 8 heteroatoms. The molecule has 0 atom stereocenters. The molecule has 0 saturated heterocycles. The Kier molecular flexibility index (Phi) is 7.19. The molecule has 0 fully saturated rings. The third-order valence-corrected chi connectivity index (χ3v) is 4.44. The second-order valence-corrected chi connectivity index (χ2v) is 6.73. The van der Waals surface area contributed by atoms with E-state index in [-0.39, 0.29) is 5.56 Å². The third kappa shape index (κ3) is 5.77. The zero-order valence-corrected chi connectivity index (χ0v) is 16.6. The third-order valence-electron chi connectivity index (χ3n) is 4.19. The number of nitrogens with one attached hydrogen (secondary N) is 1. The van der Waals surface area contributed by atoms with Crippen molar-refractivity contribution in [3.05, 3.63) is 77.3 Å². The molecule has 1 N–H and O–H groups in total. The van der Waals surface area contributed by atoms with E-state index < -0.39 is 11.6 Å². The lowest BCUT2D eigenvalue weighted by atomic mass is 10.1. The summed E-state index contributed by atoms with van der Waals surface area (Å²) in [6.45, 7) is 2.63. The Morgan fingerprint density at radius 3 is 2.55 bits per heavy atom. The largest absolute Gasteiger partial charge is 0.494 e. The van der Waals surface area contributed by atoms with Crippen molar-refractivity contribution in [2.75, 3.05) is 13.2 Å². The van der Waals surface area contributed by atoms with E-state index >= 15 is 0 Å². The number of rotatable bonds is 9. The van der Waals surface area contributed by atoms with Crippen LogP contribution < -0.4 is 9.42 Å². The Morgan fingerprint density at radius 2 is 1.86 bits per heavy atom. The van der Waals surface area contributed by atoms with Crippen molar-refractivity contribution in [3.63, 3.8) is 0 Å². The van der Waals surface area contributed by atoms with Gasteiger partial charge in [0.2, 0.25) is 6.33 Å². The Bertz CT molecular complexity index is 961. The van der Waals surface area contributed by atoms with Gasteiger partial charge in [-0.15, -0.1) is 4.68 Å². The van der Waals surface area contributed by atoms with Crippen molar-refractivity contribution < 1.29 is 22.9 Å². The number of hydrogen-bond acceptors (Lipinski definition) is 3. The molecule has 0 saturated carbocycles. The highest BCUT2D eigenvalue weighted by atomic mass is 35.5. The zero-order valence-electron chi connectivity index (χ0n) is 15.9. The molecular formula is C21H21ClF2N3O2+. The number of unbranched alkanes of at least 4 members (excludes halogenated alkanes) is 1. The number of ether oxygens (including phenoxy) is 2. The predicted molar refractivity (Wildman–Crippen MR) is 106 cm³/mol. The second-order valence-electron chi connectivity index (χ2n) is 6.29. The van der Waals surface area contributed by atoms with E-state index in [1.165, 1.54) is 18.5 Å². The highest BCUT2D eigenvalue weighted by Gasteiger charge is 2.18. The zero-order chi connectivity index (χ0) is 20.6. The number of hydrogen-bond donors (Lipinski definition) is 1. The van der Waals surface area contributed by atoms with Crippen LogP contribution in [0.25, 0.3) is 11.5 Å². The first-order valence-corrected chi connectivity index (χ1v) is 9.50. The number of benzene rings is 2. The highest BCUT2D eigenvalue weighted by molar-refractivity contribution is 6.30. The summed E-state index contributed by atoms with van der Waals surface area (Å²) in [6.07, 6.45) is 4.48. The van der Waals surface area contributed by atoms with Gasteiger partial charge in [0, 0.05) is 18.0 Å². The van der Waals surface area contributed by atoms with Crippen molar-refractivity contribution in [3.8, 4) is 5.75 Å². The minimum atomic E-state index is -0.689. The number of H-pyrrole nitrogens is 1. The lowest BCUT2D eigenvalue weighted by Crippen LogP contribution is -2.33. The first kappa shape index (κ1) is 20.8. The molecule has 2 aromatic carbocycles. The molecule has 1 aromatic heterocycles. The van der Waals surface area contributed by atoms with Crippen molar-refractivity contribution in [2.45, 2.75) is 19.8 Å². The fraction of sp³-hybridized carbons (Fsp3) is 0.238. The molecule has 0 aliphatic rings. The number of halogens is 3. The van der Waals surface area contributed by atoms with Crippen LogP contribution >= 0.6 is 11.6 Å². The molecule has 0 bridgehead atoms. The molecular weight excluding hydrogens is 400 g/mol. The van der Waals surface area contributed by atoms with E-state index in [1.54, 1.807) is 30.1 Å². The summed E-state index contributed by atoms with van der Waals surface area (Å²) in [5.74, 6) is -0.270. The number of nitrogens with zero attached hydrogens (tertiary/aromatic N) is 2. The standard InChI is InChI=1S/C21H20ClF2N3O2/c1-15(27-14-25-13-26-27)21(19-9-6-17(23)12-20(19)24)29-11-3-2-10-28-18-7-4-16(22)5-8-18/h4-9,12-14H,2-3,10-11H2,1H3/p+1/b21-15-. The van der Waals surface area contributed by atoms with Crippen LogP contribution in [-0.4, -0.2) is 23.3 Å². The van der Waals surface area contributed by atoms with Gasteiger partial charge in [-0.3, -0.25) is 0 Å². The number of aromatic amines is 1. The molecule has 0 aliphatic heterocycles. The van der Waals surface area contributed by atoms with Crippen LogP contribution in [0.3, 0.4) is 0 Å². The summed E-state index contributed by atoms with van der Waals surface area (Å²) < 4.78 is 40.8. The van der Waals surface area contributed by atoms with Crippen molar-refractivity contribution >= 4 is 23.1 Å². The van der Waals surface area contributed by atoms with Crippen molar-refractivity contribution in [2.24, 2.45) is 0 Å². The van der Waals surface area contributed by atoms with E-state index in [1.807, 2.05) is 12.1 Å². The molecule has 1 heterocycles. The quantitative estimate of drug-likeness (QED) is 0.306. The smallest absolute Gasteiger partial charge is 0.311 e. The second kappa shape index (κ2) is 10.0. The Labute approximate surface area is 172 Å². The SMILES string of the molecule is C/C(=C(/OCCCCOc1ccc(Cl)cc1)c1ccc(F)cc1F)[n+]1cnc[nH]1. The van der Waals surface area contributed by atoms with Crippen LogP contribution in [0.2, 0.25) is 5.02 Å². The normalized spacial score (nSPS) is 11.9. The van der Waals surface area contributed by atoms with Crippen LogP contribution in [0.1, 0.15) is 25.3 Å². The van der Waals surface area contributed by atoms with Gasteiger partial charge in [0.15, 0.2) is 11.5 Å². The Balaban J connectivity index is 1.60. The monoisotopic (exact) mass is 420 g/mol. The molecule has 0 radical (unpaired) electrons. The molecule has 0 spiro atoms. The van der Waals surface area contributed by atoms with Crippen LogP contribution in [-0.2, 0) is 4.74 Å². The van der Waals surface area contributed by atoms with Crippen LogP contribution in [0.4, 0.5) is 8.78 Å². The van der Waals surface area contributed by atoms with E-state index in [2.05, 4.69) is 10.1 Å². The van der Waals surface area contributed by atoms with Gasteiger partial charge in [-0.2, -0.15) is 5.10 Å². The lowest BCUT2D eigenvalue weighted by molar-refractivity contribution is -0.643. The predicted octanol–water partition coefficient (Wildman–Crippen LogP) is 4.85. The molecule has 0 amide bonds. The summed E-state index contributed by atoms with van der Waals surface area (Å²) in [7, 11) is 0. The van der Waals surface area contributed by atoms with Gasteiger partial charge in [-0.25, -0.2) is 8.78 Å². The minimum absolute atomic E-state index is 0.184. The van der Waals surface area contributed by atoms with Crippen LogP contribution in [0.5, 0.6) is 5.75 Å². The minimum Gasteiger partial charge on any atom is -0.494 e. The van der Waals surface area contributed by atoms with E-state index in [9.17, 15) is 8.78 Å². The van der Waals surface area contributed by atoms with Gasteiger partial charge in [0.25, 0.3) is 0 Å². The summed E-state index contributed by atoms with van der Waals surface area (Å²) in [6, 6.07) is 10.6. The first-order chi connectivity index (χ1) is 14.0. The Morgan fingerprint density at radius 1 is 1.10 bits per heavy atom. The first-order valence-electron chi connectivity index (χ1n) is 9.12. The van der Waals surface area contributed by atoms with Gasteiger partial charge in [-0.05, 0) is 54.2 Å². The molecule has 0 unspecified atom stereocenters. The molecule has 5 nitrogen and oxygen atoms in total. The molecule has 0 aliphatic carbocycles. The fourth-order valence-corrected chi connectivity index (χ4v) is 2.80. The molecule has 152 valence electrons. The van der Waals surface area contributed by atoms with E-state index in [0.29, 0.717) is 36.1 Å². The summed E-state index contributed by atoms with van der Waals surface area (Å²) in [5, 5.41) is 3.55.